The third-order valence-electron chi connectivity index (χ3n) is 5.75. The first kappa shape index (κ1) is 16.4. The maximum Gasteiger partial charge on any atom is 0.298 e. The Morgan fingerprint density at radius 2 is 1.89 bits per heavy atom. The lowest BCUT2D eigenvalue weighted by Crippen LogP contribution is -2.51. The van der Waals surface area contributed by atoms with Crippen molar-refractivity contribution < 1.29 is 13.9 Å². The number of anilines is 1. The van der Waals surface area contributed by atoms with Crippen molar-refractivity contribution >= 4 is 22.9 Å². The fraction of sp³-hybridized carbons (Fsp3) is 0.364. The third-order valence-corrected chi connectivity index (χ3v) is 5.75. The van der Waals surface area contributed by atoms with Crippen molar-refractivity contribution in [3.05, 3.63) is 53.1 Å². The molecule has 0 amide bonds. The molecule has 0 atom stereocenters. The van der Waals surface area contributed by atoms with Crippen molar-refractivity contribution in [1.29, 1.82) is 0 Å². The molecule has 1 spiro atoms. The molecular weight excluding hydrogens is 340 g/mol. The van der Waals surface area contributed by atoms with Gasteiger partial charge < -0.3 is 14.1 Å². The second-order valence-corrected chi connectivity index (χ2v) is 7.79. The van der Waals surface area contributed by atoms with Crippen LogP contribution in [0.3, 0.4) is 0 Å². The van der Waals surface area contributed by atoms with Crippen molar-refractivity contribution in [3.8, 4) is 5.75 Å². The van der Waals surface area contributed by atoms with E-state index in [0.717, 1.165) is 59.5 Å². The summed E-state index contributed by atoms with van der Waals surface area (Å²) in [6.45, 7) is 5.57. The van der Waals surface area contributed by atoms with Crippen LogP contribution < -0.4 is 9.64 Å². The van der Waals surface area contributed by atoms with Gasteiger partial charge in [-0.25, -0.2) is 0 Å². The van der Waals surface area contributed by atoms with Gasteiger partial charge in [0.25, 0.3) is 6.01 Å². The molecular formula is C22H22N2O3. The van der Waals surface area contributed by atoms with Gasteiger partial charge in [0.05, 0.1) is 12.0 Å². The van der Waals surface area contributed by atoms with Crippen LogP contribution in [0.1, 0.15) is 40.7 Å². The van der Waals surface area contributed by atoms with Gasteiger partial charge in [0.2, 0.25) is 0 Å². The zero-order chi connectivity index (χ0) is 18.6. The van der Waals surface area contributed by atoms with Crippen molar-refractivity contribution in [2.45, 2.75) is 38.7 Å². The van der Waals surface area contributed by atoms with Crippen molar-refractivity contribution in [2.24, 2.45) is 0 Å². The van der Waals surface area contributed by atoms with E-state index >= 15 is 0 Å². The minimum Gasteiger partial charge on any atom is -0.486 e. The number of rotatable bonds is 1. The molecule has 2 aromatic carbocycles. The van der Waals surface area contributed by atoms with Crippen LogP contribution in [0.4, 0.5) is 6.01 Å². The van der Waals surface area contributed by atoms with E-state index in [1.165, 1.54) is 0 Å². The lowest BCUT2D eigenvalue weighted by Gasteiger charge is -2.44. The smallest absolute Gasteiger partial charge is 0.298 e. The Balaban J connectivity index is 1.39. The van der Waals surface area contributed by atoms with Gasteiger partial charge in [0.15, 0.2) is 11.4 Å². The fourth-order valence-electron chi connectivity index (χ4n) is 4.32. The number of aryl methyl sites for hydroxylation is 2. The van der Waals surface area contributed by atoms with Gasteiger partial charge in [-0.05, 0) is 43.2 Å². The second kappa shape index (κ2) is 5.84. The maximum atomic E-state index is 12.8. The molecule has 0 saturated carbocycles. The number of fused-ring (bicyclic) bond motifs is 2. The van der Waals surface area contributed by atoms with E-state index in [1.54, 1.807) is 0 Å². The van der Waals surface area contributed by atoms with Crippen LogP contribution in [0.5, 0.6) is 5.75 Å². The Morgan fingerprint density at radius 3 is 2.67 bits per heavy atom. The summed E-state index contributed by atoms with van der Waals surface area (Å²) in [5.41, 5.74) is 4.14. The standard InChI is InChI=1S/C22H22N2O3/c1-14-11-15(2)20-16(12-14)18(25)13-22(27-20)7-9-24(10-8-22)21-23-17-5-3-4-6-19(17)26-21/h3-6,11-12H,7-10,13H2,1-2H3. The highest BCUT2D eigenvalue weighted by Gasteiger charge is 2.44. The molecule has 0 radical (unpaired) electrons. The average molecular weight is 362 g/mol. The molecule has 5 rings (SSSR count). The third kappa shape index (κ3) is 2.69. The molecule has 27 heavy (non-hydrogen) atoms. The second-order valence-electron chi connectivity index (χ2n) is 7.79. The van der Waals surface area contributed by atoms with Gasteiger partial charge in [-0.3, -0.25) is 4.79 Å². The highest BCUT2D eigenvalue weighted by Crippen LogP contribution is 2.42. The van der Waals surface area contributed by atoms with Gasteiger partial charge in [0, 0.05) is 25.9 Å². The summed E-state index contributed by atoms with van der Waals surface area (Å²) in [4.78, 5) is 19.6. The quantitative estimate of drug-likeness (QED) is 0.640. The van der Waals surface area contributed by atoms with E-state index < -0.39 is 5.60 Å². The number of aromatic nitrogens is 1. The lowest BCUT2D eigenvalue weighted by atomic mass is 9.81. The first-order valence-corrected chi connectivity index (χ1v) is 9.47. The SMILES string of the molecule is Cc1cc(C)c2c(c1)C(=O)CC1(CCN(c3nc4ccccc4o3)CC1)O2. The van der Waals surface area contributed by atoms with Crippen LogP contribution in [0.15, 0.2) is 40.8 Å². The number of piperidine rings is 1. The highest BCUT2D eigenvalue weighted by atomic mass is 16.5. The van der Waals surface area contributed by atoms with Crippen molar-refractivity contribution in [3.63, 3.8) is 0 Å². The number of carbonyl (C=O) groups excluding carboxylic acids is 1. The molecule has 5 heteroatoms. The fourth-order valence-corrected chi connectivity index (χ4v) is 4.32. The molecule has 1 aromatic heterocycles. The number of ether oxygens (including phenoxy) is 1. The Hall–Kier alpha value is -2.82. The van der Waals surface area contributed by atoms with Crippen LogP contribution in [-0.2, 0) is 0 Å². The summed E-state index contributed by atoms with van der Waals surface area (Å²) in [5.74, 6) is 0.963. The normalized spacial score (nSPS) is 18.6. The summed E-state index contributed by atoms with van der Waals surface area (Å²) < 4.78 is 12.4. The lowest BCUT2D eigenvalue weighted by molar-refractivity contribution is 0.0220. The van der Waals surface area contributed by atoms with Gasteiger partial charge in [-0.15, -0.1) is 0 Å². The first-order chi connectivity index (χ1) is 13.0. The number of para-hydroxylation sites is 2. The van der Waals surface area contributed by atoms with E-state index in [0.29, 0.717) is 12.4 Å². The zero-order valence-corrected chi connectivity index (χ0v) is 15.6. The summed E-state index contributed by atoms with van der Waals surface area (Å²) in [7, 11) is 0. The Kier molecular flexibility index (Phi) is 3.54. The number of nitrogens with zero attached hydrogens (tertiary/aromatic N) is 2. The van der Waals surface area contributed by atoms with Gasteiger partial charge >= 0.3 is 0 Å². The number of oxazole rings is 1. The van der Waals surface area contributed by atoms with Crippen LogP contribution in [0, 0.1) is 13.8 Å². The van der Waals surface area contributed by atoms with Crippen LogP contribution in [-0.4, -0.2) is 29.5 Å². The Labute approximate surface area is 157 Å². The summed E-state index contributed by atoms with van der Waals surface area (Å²) in [5, 5.41) is 0. The molecule has 0 bridgehead atoms. The minimum atomic E-state index is -0.410. The predicted molar refractivity (Wildman–Crippen MR) is 104 cm³/mol. The van der Waals surface area contributed by atoms with E-state index in [9.17, 15) is 4.79 Å². The molecule has 138 valence electrons. The molecule has 3 aromatic rings. The predicted octanol–water partition coefficient (Wildman–Crippen LogP) is 4.45. The molecule has 0 aliphatic carbocycles. The summed E-state index contributed by atoms with van der Waals surface area (Å²) in [6.07, 6.45) is 2.01. The number of Topliss-reactive ketones (excluding diaryl/α,β-unsaturated/α-hetero) is 1. The molecule has 0 N–H and O–H groups in total. The van der Waals surface area contributed by atoms with E-state index in [4.69, 9.17) is 9.15 Å². The van der Waals surface area contributed by atoms with Crippen LogP contribution in [0.2, 0.25) is 0 Å². The van der Waals surface area contributed by atoms with Gasteiger partial charge in [0.1, 0.15) is 16.9 Å². The summed E-state index contributed by atoms with van der Waals surface area (Å²) >= 11 is 0. The number of carbonyl (C=O) groups is 1. The van der Waals surface area contributed by atoms with Crippen LogP contribution >= 0.6 is 0 Å². The van der Waals surface area contributed by atoms with Gasteiger partial charge in [-0.1, -0.05) is 18.2 Å². The molecule has 2 aliphatic rings. The average Bonchev–Trinajstić information content (AvgIpc) is 3.08. The number of hydrogen-bond acceptors (Lipinski definition) is 5. The topological polar surface area (TPSA) is 55.6 Å². The van der Waals surface area contributed by atoms with E-state index in [1.807, 2.05) is 44.2 Å². The largest absolute Gasteiger partial charge is 0.486 e. The van der Waals surface area contributed by atoms with Crippen molar-refractivity contribution in [2.75, 3.05) is 18.0 Å². The number of ketones is 1. The monoisotopic (exact) mass is 362 g/mol. The van der Waals surface area contributed by atoms with Gasteiger partial charge in [-0.2, -0.15) is 4.98 Å². The molecule has 3 heterocycles. The maximum absolute atomic E-state index is 12.8. The minimum absolute atomic E-state index is 0.193. The highest BCUT2D eigenvalue weighted by molar-refractivity contribution is 6.01. The number of benzene rings is 2. The Bertz CT molecular complexity index is 1010. The number of hydrogen-bond donors (Lipinski definition) is 0. The Morgan fingerprint density at radius 1 is 1.11 bits per heavy atom. The zero-order valence-electron chi connectivity index (χ0n) is 15.6. The molecule has 2 aliphatic heterocycles. The molecule has 1 fully saturated rings. The summed E-state index contributed by atoms with van der Waals surface area (Å²) in [6, 6.07) is 12.5. The molecule has 1 saturated heterocycles. The molecule has 5 nitrogen and oxygen atoms in total. The van der Waals surface area contributed by atoms with E-state index in [-0.39, 0.29) is 5.78 Å². The van der Waals surface area contributed by atoms with Crippen molar-refractivity contribution in [1.82, 2.24) is 4.98 Å². The first-order valence-electron chi connectivity index (χ1n) is 9.47. The molecule has 0 unspecified atom stereocenters. The van der Waals surface area contributed by atoms with E-state index in [2.05, 4.69) is 16.0 Å². The van der Waals surface area contributed by atoms with Crippen LogP contribution in [0.25, 0.3) is 11.1 Å².